The first kappa shape index (κ1) is 17.6. The zero-order valence-electron chi connectivity index (χ0n) is 16.2. The minimum Gasteiger partial charge on any atom is -0.511 e. The molecule has 2 saturated heterocycles. The van der Waals surface area contributed by atoms with E-state index in [1.807, 2.05) is 20.8 Å². The van der Waals surface area contributed by atoms with Gasteiger partial charge in [-0.25, -0.2) is 4.39 Å². The number of aliphatic hydroxyl groups is 1. The van der Waals surface area contributed by atoms with Crippen LogP contribution in [0.2, 0.25) is 0 Å². The molecule has 0 amide bonds. The van der Waals surface area contributed by atoms with Crippen molar-refractivity contribution in [1.82, 2.24) is 0 Å². The van der Waals surface area contributed by atoms with Gasteiger partial charge in [0, 0.05) is 5.92 Å². The van der Waals surface area contributed by atoms with Crippen molar-refractivity contribution in [3.63, 3.8) is 0 Å². The molecule has 0 saturated carbocycles. The van der Waals surface area contributed by atoms with Gasteiger partial charge in [-0.1, -0.05) is 29.8 Å². The van der Waals surface area contributed by atoms with Crippen LogP contribution in [0.5, 0.6) is 0 Å². The number of Topliss-reactive ketones (excluding diaryl/α,β-unsaturated/α-hetero) is 1. The van der Waals surface area contributed by atoms with Gasteiger partial charge in [-0.3, -0.25) is 4.79 Å². The first-order chi connectivity index (χ1) is 13.4. The van der Waals surface area contributed by atoms with Gasteiger partial charge >= 0.3 is 0 Å². The number of benzene rings is 2. The predicted molar refractivity (Wildman–Crippen MR) is 105 cm³/mol. The molecule has 5 rings (SSSR count). The Balaban J connectivity index is 1.57. The topological polar surface area (TPSA) is 46.5 Å². The highest BCUT2D eigenvalue weighted by atomic mass is 19.1. The van der Waals surface area contributed by atoms with Gasteiger partial charge in [0.2, 0.25) is 0 Å². The van der Waals surface area contributed by atoms with E-state index in [2.05, 4.69) is 12.1 Å². The molecular weight excluding hydrogens is 355 g/mol. The van der Waals surface area contributed by atoms with Crippen LogP contribution in [-0.4, -0.2) is 23.1 Å². The van der Waals surface area contributed by atoms with Crippen LogP contribution < -0.4 is 0 Å². The third-order valence-electron chi connectivity index (χ3n) is 6.70. The summed E-state index contributed by atoms with van der Waals surface area (Å²) in [5.41, 5.74) is 5.50. The Morgan fingerprint density at radius 2 is 1.68 bits per heavy atom. The molecule has 3 nitrogen and oxygen atoms in total. The smallest absolute Gasteiger partial charge is 0.173 e. The van der Waals surface area contributed by atoms with E-state index in [1.54, 1.807) is 12.1 Å². The monoisotopic (exact) mass is 378 g/mol. The molecular formula is C24H23FO3. The number of aryl methyl sites for hydroxylation is 3. The summed E-state index contributed by atoms with van der Waals surface area (Å²) in [4.78, 5) is 13.3. The van der Waals surface area contributed by atoms with E-state index in [1.165, 1.54) is 12.1 Å². The van der Waals surface area contributed by atoms with Crippen LogP contribution in [-0.2, 0) is 9.53 Å². The SMILES string of the molecule is Cc1cc(C)c(C2=C(O)[C@@H]3[C@@H]4O[C@@H](C[C@@H]4c4ccc(F)cc4)[C@@H]3C2=O)c(C)c1. The number of ether oxygens (including phenoxy) is 1. The number of carbonyl (C=O) groups is 1. The molecule has 0 radical (unpaired) electrons. The lowest BCUT2D eigenvalue weighted by molar-refractivity contribution is -0.118. The van der Waals surface area contributed by atoms with Crippen LogP contribution in [0.15, 0.2) is 42.2 Å². The Labute approximate surface area is 163 Å². The van der Waals surface area contributed by atoms with Crippen molar-refractivity contribution in [2.45, 2.75) is 45.3 Å². The molecule has 2 aromatic rings. The summed E-state index contributed by atoms with van der Waals surface area (Å²) in [6, 6.07) is 10.6. The molecule has 0 unspecified atom stereocenters. The van der Waals surface area contributed by atoms with Gasteiger partial charge in [-0.15, -0.1) is 0 Å². The summed E-state index contributed by atoms with van der Waals surface area (Å²) in [6.07, 6.45) is 0.298. The highest BCUT2D eigenvalue weighted by Gasteiger charge is 2.62. The lowest BCUT2D eigenvalue weighted by atomic mass is 9.72. The number of rotatable bonds is 2. The van der Waals surface area contributed by atoms with Crippen LogP contribution in [0.1, 0.15) is 40.2 Å². The van der Waals surface area contributed by atoms with E-state index in [0.29, 0.717) is 5.57 Å². The molecule has 28 heavy (non-hydrogen) atoms. The van der Waals surface area contributed by atoms with Gasteiger partial charge in [-0.05, 0) is 61.6 Å². The third-order valence-corrected chi connectivity index (χ3v) is 6.70. The maximum Gasteiger partial charge on any atom is 0.173 e. The van der Waals surface area contributed by atoms with E-state index in [4.69, 9.17) is 4.74 Å². The van der Waals surface area contributed by atoms with Crippen molar-refractivity contribution in [1.29, 1.82) is 0 Å². The van der Waals surface area contributed by atoms with Gasteiger partial charge in [-0.2, -0.15) is 0 Å². The lowest BCUT2D eigenvalue weighted by Gasteiger charge is -2.27. The Kier molecular flexibility index (Phi) is 3.79. The lowest BCUT2D eigenvalue weighted by Crippen LogP contribution is -2.33. The van der Waals surface area contributed by atoms with Crippen LogP contribution in [0.25, 0.3) is 5.57 Å². The highest BCUT2D eigenvalue weighted by molar-refractivity contribution is 6.26. The zero-order valence-corrected chi connectivity index (χ0v) is 16.2. The standard InChI is InChI=1S/C24H23FO3/c1-11-8-12(2)18(13(3)9-11)20-22(26)19-17-10-16(14-4-6-15(25)7-5-14)24(28-17)21(19)23(20)27/h4-9,16-17,19,21,24,27H,10H2,1-3H3/t16-,17+,19+,21-,24-/m1/s1. The third kappa shape index (κ3) is 2.34. The van der Waals surface area contributed by atoms with Gasteiger partial charge in [0.25, 0.3) is 0 Å². The molecule has 0 aromatic heterocycles. The second kappa shape index (κ2) is 6.02. The Morgan fingerprint density at radius 3 is 2.32 bits per heavy atom. The molecule has 2 fully saturated rings. The number of ketones is 1. The fraction of sp³-hybridized carbons (Fsp3) is 0.375. The molecule has 2 aromatic carbocycles. The summed E-state index contributed by atoms with van der Waals surface area (Å²) in [6.45, 7) is 6.01. The Bertz CT molecular complexity index is 998. The molecule has 3 aliphatic rings. The van der Waals surface area contributed by atoms with Crippen molar-refractivity contribution < 1.29 is 19.0 Å². The number of hydrogen-bond donors (Lipinski definition) is 1. The number of aliphatic hydroxyl groups excluding tert-OH is 1. The fourth-order valence-electron chi connectivity index (χ4n) is 5.72. The molecule has 2 aliphatic heterocycles. The Hall–Kier alpha value is -2.46. The summed E-state index contributed by atoms with van der Waals surface area (Å²) in [5.74, 6) is -0.640. The van der Waals surface area contributed by atoms with Gasteiger partial charge in [0.05, 0.1) is 29.6 Å². The van der Waals surface area contributed by atoms with Crippen molar-refractivity contribution >= 4 is 11.4 Å². The minimum atomic E-state index is -0.309. The molecule has 0 spiro atoms. The summed E-state index contributed by atoms with van der Waals surface area (Å²) in [7, 11) is 0. The zero-order chi connectivity index (χ0) is 19.7. The van der Waals surface area contributed by atoms with Crippen LogP contribution in [0.4, 0.5) is 4.39 Å². The summed E-state index contributed by atoms with van der Waals surface area (Å²) < 4.78 is 19.4. The molecule has 144 valence electrons. The molecule has 4 heteroatoms. The molecule has 1 aliphatic carbocycles. The number of halogens is 1. The number of allylic oxidation sites excluding steroid dienone is 1. The first-order valence-corrected chi connectivity index (χ1v) is 9.83. The number of fused-ring (bicyclic) bond motifs is 5. The molecule has 2 bridgehead atoms. The largest absolute Gasteiger partial charge is 0.511 e. The first-order valence-electron chi connectivity index (χ1n) is 9.83. The van der Waals surface area contributed by atoms with E-state index in [0.717, 1.165) is 34.2 Å². The van der Waals surface area contributed by atoms with Crippen molar-refractivity contribution in [2.75, 3.05) is 0 Å². The van der Waals surface area contributed by atoms with Crippen LogP contribution >= 0.6 is 0 Å². The molecule has 5 atom stereocenters. The minimum absolute atomic E-state index is 0.00242. The predicted octanol–water partition coefficient (Wildman–Crippen LogP) is 4.79. The van der Waals surface area contributed by atoms with Crippen molar-refractivity contribution in [2.24, 2.45) is 11.8 Å². The van der Waals surface area contributed by atoms with Crippen LogP contribution in [0.3, 0.4) is 0 Å². The number of hydrogen-bond acceptors (Lipinski definition) is 3. The van der Waals surface area contributed by atoms with Gasteiger partial charge in [0.1, 0.15) is 11.6 Å². The van der Waals surface area contributed by atoms with E-state index >= 15 is 0 Å². The highest BCUT2D eigenvalue weighted by Crippen LogP contribution is 2.58. The van der Waals surface area contributed by atoms with E-state index < -0.39 is 0 Å². The van der Waals surface area contributed by atoms with E-state index in [-0.39, 0.29) is 47.3 Å². The second-order valence-electron chi connectivity index (χ2n) is 8.48. The molecule has 1 N–H and O–H groups in total. The maximum absolute atomic E-state index is 13.3. The average Bonchev–Trinajstić information content (AvgIpc) is 3.29. The van der Waals surface area contributed by atoms with E-state index in [9.17, 15) is 14.3 Å². The van der Waals surface area contributed by atoms with Crippen molar-refractivity contribution in [3.8, 4) is 0 Å². The van der Waals surface area contributed by atoms with Gasteiger partial charge in [0.15, 0.2) is 5.78 Å². The van der Waals surface area contributed by atoms with Gasteiger partial charge < -0.3 is 9.84 Å². The molecule has 2 heterocycles. The quantitative estimate of drug-likeness (QED) is 0.817. The average molecular weight is 378 g/mol. The number of carbonyl (C=O) groups excluding carboxylic acids is 1. The summed E-state index contributed by atoms with van der Waals surface area (Å²) in [5, 5.41) is 11.2. The van der Waals surface area contributed by atoms with Crippen LogP contribution in [0, 0.1) is 38.4 Å². The maximum atomic E-state index is 13.3. The second-order valence-corrected chi connectivity index (χ2v) is 8.48. The fourth-order valence-corrected chi connectivity index (χ4v) is 5.72. The van der Waals surface area contributed by atoms with Crippen molar-refractivity contribution in [3.05, 3.63) is 75.8 Å². The normalized spacial score (nSPS) is 31.0. The summed E-state index contributed by atoms with van der Waals surface area (Å²) >= 11 is 0. The Morgan fingerprint density at radius 1 is 1.04 bits per heavy atom.